The largest absolute Gasteiger partial charge is 0.333 e. The lowest BCUT2D eigenvalue weighted by Gasteiger charge is -2.09. The molecule has 0 aliphatic heterocycles. The first-order chi connectivity index (χ1) is 3.98. The first-order valence-electron chi connectivity index (χ1n) is 3.00. The Balaban J connectivity index is 3.74. The van der Waals surface area contributed by atoms with E-state index in [0.29, 0.717) is 0 Å². The third-order valence-corrected chi connectivity index (χ3v) is 3.60. The van der Waals surface area contributed by atoms with E-state index in [1.807, 2.05) is 6.92 Å². The van der Waals surface area contributed by atoms with Crippen molar-refractivity contribution in [3.8, 4) is 0 Å². The van der Waals surface area contributed by atoms with Crippen LogP contribution in [0.25, 0.3) is 0 Å². The number of hydrogen-bond donors (Lipinski definition) is 1. The molecule has 0 spiro atoms. The SMILES string of the molecule is CCCC(C)P(=O)(O)Cl. The lowest BCUT2D eigenvalue weighted by molar-refractivity contribution is 0.479. The molecule has 56 valence electrons. The number of rotatable bonds is 3. The zero-order valence-corrected chi connectivity index (χ0v) is 7.32. The minimum absolute atomic E-state index is 0.260. The van der Waals surface area contributed by atoms with Crippen molar-refractivity contribution in [1.82, 2.24) is 0 Å². The second-order valence-corrected chi connectivity index (χ2v) is 5.61. The van der Waals surface area contributed by atoms with Crippen molar-refractivity contribution in [1.29, 1.82) is 0 Å². The molecule has 0 aliphatic carbocycles. The molecule has 2 unspecified atom stereocenters. The molecule has 0 aromatic rings. The van der Waals surface area contributed by atoms with E-state index in [1.54, 1.807) is 6.92 Å². The van der Waals surface area contributed by atoms with Gasteiger partial charge in [0.15, 0.2) is 0 Å². The zero-order valence-electron chi connectivity index (χ0n) is 5.67. The summed E-state index contributed by atoms with van der Waals surface area (Å²) in [6.45, 7) is 0.352. The highest BCUT2D eigenvalue weighted by molar-refractivity contribution is 7.85. The van der Waals surface area contributed by atoms with Gasteiger partial charge in [-0.3, -0.25) is 4.57 Å². The van der Waals surface area contributed by atoms with Gasteiger partial charge in [-0.05, 0) is 17.7 Å². The topological polar surface area (TPSA) is 37.3 Å². The summed E-state index contributed by atoms with van der Waals surface area (Å²) >= 11 is 5.17. The van der Waals surface area contributed by atoms with Crippen molar-refractivity contribution in [2.24, 2.45) is 0 Å². The Morgan fingerprint density at radius 3 is 2.33 bits per heavy atom. The smallest absolute Gasteiger partial charge is 0.290 e. The molecule has 0 fully saturated rings. The summed E-state index contributed by atoms with van der Waals surface area (Å²) in [5.41, 5.74) is -0.260. The fourth-order valence-corrected chi connectivity index (χ4v) is 1.45. The first-order valence-corrected chi connectivity index (χ1v) is 5.64. The monoisotopic (exact) mass is 170 g/mol. The van der Waals surface area contributed by atoms with Gasteiger partial charge in [-0.15, -0.1) is 0 Å². The van der Waals surface area contributed by atoms with Gasteiger partial charge in [-0.2, -0.15) is 0 Å². The van der Waals surface area contributed by atoms with Gasteiger partial charge in [0.1, 0.15) is 0 Å². The van der Waals surface area contributed by atoms with Crippen LogP contribution in [0.2, 0.25) is 0 Å². The van der Waals surface area contributed by atoms with E-state index in [9.17, 15) is 4.57 Å². The molecular formula is C5H12ClO2P. The molecule has 0 saturated carbocycles. The lowest BCUT2D eigenvalue weighted by atomic mass is 10.3. The molecule has 2 atom stereocenters. The fourth-order valence-electron chi connectivity index (χ4n) is 0.577. The van der Waals surface area contributed by atoms with Crippen molar-refractivity contribution in [2.45, 2.75) is 32.3 Å². The average molecular weight is 171 g/mol. The van der Waals surface area contributed by atoms with E-state index in [-0.39, 0.29) is 5.66 Å². The Bertz CT molecular complexity index is 120. The highest BCUT2D eigenvalue weighted by atomic mass is 35.7. The quantitative estimate of drug-likeness (QED) is 0.661. The molecule has 0 radical (unpaired) electrons. The van der Waals surface area contributed by atoms with Gasteiger partial charge in [0.05, 0.1) is 0 Å². The normalized spacial score (nSPS) is 20.9. The fraction of sp³-hybridized carbons (Fsp3) is 1.00. The maximum Gasteiger partial charge on any atom is 0.290 e. The standard InChI is InChI=1S/C5H12ClO2P/c1-3-4-5(2)9(6,7)8/h5H,3-4H2,1-2H3,(H,7,8). The van der Waals surface area contributed by atoms with Gasteiger partial charge in [0, 0.05) is 5.66 Å². The highest BCUT2D eigenvalue weighted by Gasteiger charge is 2.22. The van der Waals surface area contributed by atoms with E-state index in [1.165, 1.54) is 0 Å². The summed E-state index contributed by atoms with van der Waals surface area (Å²) in [7, 11) is 0. The van der Waals surface area contributed by atoms with Gasteiger partial charge < -0.3 is 4.89 Å². The molecule has 0 saturated heterocycles. The van der Waals surface area contributed by atoms with Gasteiger partial charge in [-0.1, -0.05) is 20.3 Å². The first kappa shape index (κ1) is 9.48. The Kier molecular flexibility index (Phi) is 3.79. The van der Waals surface area contributed by atoms with Crippen LogP contribution in [0.1, 0.15) is 26.7 Å². The molecule has 0 bridgehead atoms. The lowest BCUT2D eigenvalue weighted by Crippen LogP contribution is -1.97. The minimum atomic E-state index is -3.30. The maximum absolute atomic E-state index is 10.6. The van der Waals surface area contributed by atoms with Gasteiger partial charge in [0.25, 0.3) is 6.72 Å². The molecular weight excluding hydrogens is 158 g/mol. The molecule has 2 nitrogen and oxygen atoms in total. The van der Waals surface area contributed by atoms with Crippen molar-refractivity contribution in [3.05, 3.63) is 0 Å². The number of hydrogen-bond acceptors (Lipinski definition) is 1. The molecule has 0 aromatic heterocycles. The summed E-state index contributed by atoms with van der Waals surface area (Å²) in [5, 5.41) is 0. The van der Waals surface area contributed by atoms with E-state index in [2.05, 4.69) is 0 Å². The van der Waals surface area contributed by atoms with Crippen molar-refractivity contribution in [3.63, 3.8) is 0 Å². The zero-order chi connectivity index (χ0) is 7.49. The Morgan fingerprint density at radius 1 is 1.78 bits per heavy atom. The average Bonchev–Trinajstić information content (AvgIpc) is 1.64. The minimum Gasteiger partial charge on any atom is -0.333 e. The Morgan fingerprint density at radius 2 is 2.22 bits per heavy atom. The molecule has 4 heteroatoms. The van der Waals surface area contributed by atoms with Crippen LogP contribution in [-0.4, -0.2) is 10.6 Å². The van der Waals surface area contributed by atoms with Crippen LogP contribution in [0.3, 0.4) is 0 Å². The Hall–Kier alpha value is 0.480. The van der Waals surface area contributed by atoms with Crippen LogP contribution in [0.4, 0.5) is 0 Å². The van der Waals surface area contributed by atoms with E-state index in [0.717, 1.165) is 12.8 Å². The molecule has 0 heterocycles. The molecule has 9 heavy (non-hydrogen) atoms. The predicted octanol–water partition coefficient (Wildman–Crippen LogP) is 2.60. The van der Waals surface area contributed by atoms with Crippen molar-refractivity contribution < 1.29 is 9.46 Å². The third kappa shape index (κ3) is 3.96. The molecule has 0 amide bonds. The van der Waals surface area contributed by atoms with Crippen molar-refractivity contribution in [2.75, 3.05) is 0 Å². The van der Waals surface area contributed by atoms with E-state index in [4.69, 9.17) is 16.1 Å². The molecule has 0 aliphatic rings. The van der Waals surface area contributed by atoms with E-state index < -0.39 is 6.72 Å². The summed E-state index contributed by atoms with van der Waals surface area (Å²) in [6.07, 6.45) is 1.62. The van der Waals surface area contributed by atoms with Gasteiger partial charge >= 0.3 is 0 Å². The summed E-state index contributed by atoms with van der Waals surface area (Å²) in [6, 6.07) is 0. The van der Waals surface area contributed by atoms with Crippen LogP contribution in [0.5, 0.6) is 0 Å². The summed E-state index contributed by atoms with van der Waals surface area (Å²) < 4.78 is 10.6. The van der Waals surface area contributed by atoms with Crippen molar-refractivity contribution >= 4 is 18.0 Å². The van der Waals surface area contributed by atoms with Gasteiger partial charge in [0.2, 0.25) is 0 Å². The van der Waals surface area contributed by atoms with Gasteiger partial charge in [-0.25, -0.2) is 0 Å². The van der Waals surface area contributed by atoms with Crippen LogP contribution in [-0.2, 0) is 4.57 Å². The maximum atomic E-state index is 10.6. The predicted molar refractivity (Wildman–Crippen MR) is 40.0 cm³/mol. The Labute approximate surface area is 60.5 Å². The van der Waals surface area contributed by atoms with Crippen LogP contribution in [0.15, 0.2) is 0 Å². The molecule has 1 N–H and O–H groups in total. The van der Waals surface area contributed by atoms with Crippen LogP contribution < -0.4 is 0 Å². The third-order valence-electron chi connectivity index (χ3n) is 1.25. The second kappa shape index (κ2) is 3.60. The summed E-state index contributed by atoms with van der Waals surface area (Å²) in [4.78, 5) is 8.74. The van der Waals surface area contributed by atoms with E-state index >= 15 is 0 Å². The molecule has 0 rings (SSSR count). The molecule has 0 aromatic carbocycles. The second-order valence-electron chi connectivity index (χ2n) is 2.18. The number of halogens is 1. The van der Waals surface area contributed by atoms with Crippen LogP contribution >= 0.6 is 18.0 Å². The van der Waals surface area contributed by atoms with Crippen LogP contribution in [0, 0.1) is 0 Å². The highest BCUT2D eigenvalue weighted by Crippen LogP contribution is 2.52. The summed E-state index contributed by atoms with van der Waals surface area (Å²) in [5.74, 6) is 0.